The first kappa shape index (κ1) is 22.0. The lowest BCUT2D eigenvalue weighted by atomic mass is 9.83. The van der Waals surface area contributed by atoms with Crippen molar-refractivity contribution in [3.8, 4) is 11.5 Å². The molecular weight excluding hydrogens is 482 g/mol. The molecule has 3 aromatic rings. The summed E-state index contributed by atoms with van der Waals surface area (Å²) in [6, 6.07) is 11.4. The minimum Gasteiger partial charge on any atom is -0.508 e. The fraction of sp³-hybridized carbons (Fsp3) is 0.0526. The van der Waals surface area contributed by atoms with Crippen LogP contribution in [0.25, 0.3) is 0 Å². The minimum absolute atomic E-state index is 0.0384. The van der Waals surface area contributed by atoms with Gasteiger partial charge in [-0.2, -0.15) is 8.42 Å². The average Bonchev–Trinajstić information content (AvgIpc) is 2.59. The van der Waals surface area contributed by atoms with Gasteiger partial charge in [-0.15, -0.1) is 0 Å². The third-order valence-electron chi connectivity index (χ3n) is 4.36. The normalized spacial score (nSPS) is 13.8. The average molecular weight is 494 g/mol. The summed E-state index contributed by atoms with van der Waals surface area (Å²) < 4.78 is 34.0. The molecule has 1 unspecified atom stereocenters. The summed E-state index contributed by atoms with van der Waals surface area (Å²) in [6.07, 6.45) is 0. The highest BCUT2D eigenvalue weighted by atomic mass is 35.5. The minimum atomic E-state index is -5.14. The van der Waals surface area contributed by atoms with Gasteiger partial charge < -0.3 is 10.2 Å². The van der Waals surface area contributed by atoms with E-state index >= 15 is 0 Å². The Labute approximate surface area is 186 Å². The number of halogens is 4. The van der Waals surface area contributed by atoms with E-state index in [1.807, 2.05) is 0 Å². The summed E-state index contributed by atoms with van der Waals surface area (Å²) in [5.41, 5.74) is -0.699. The molecule has 3 rings (SSSR count). The molecule has 3 aromatic carbocycles. The van der Waals surface area contributed by atoms with Gasteiger partial charge >= 0.3 is 0 Å². The van der Waals surface area contributed by atoms with Gasteiger partial charge in [-0.05, 0) is 42.0 Å². The van der Waals surface area contributed by atoms with E-state index in [2.05, 4.69) is 0 Å². The monoisotopic (exact) mass is 492 g/mol. The molecule has 29 heavy (non-hydrogen) atoms. The molecule has 0 aliphatic rings. The zero-order chi connectivity index (χ0) is 21.6. The van der Waals surface area contributed by atoms with Crippen LogP contribution in [-0.2, 0) is 14.9 Å². The van der Waals surface area contributed by atoms with Crippen molar-refractivity contribution in [1.82, 2.24) is 0 Å². The van der Waals surface area contributed by atoms with Crippen LogP contribution in [0.4, 0.5) is 0 Å². The third-order valence-corrected chi connectivity index (χ3v) is 6.93. The maximum absolute atomic E-state index is 13.0. The Hall–Kier alpha value is -1.67. The van der Waals surface area contributed by atoms with Crippen molar-refractivity contribution >= 4 is 56.5 Å². The van der Waals surface area contributed by atoms with Crippen LogP contribution in [0.5, 0.6) is 11.5 Å². The van der Waals surface area contributed by atoms with Crippen LogP contribution in [-0.4, -0.2) is 23.2 Å². The Morgan fingerprint density at radius 3 is 1.79 bits per heavy atom. The zero-order valence-corrected chi connectivity index (χ0v) is 18.1. The molecule has 0 aromatic heterocycles. The summed E-state index contributed by atoms with van der Waals surface area (Å²) >= 11 is 24.9. The Morgan fingerprint density at radius 1 is 0.759 bits per heavy atom. The molecule has 0 amide bonds. The first-order valence-corrected chi connectivity index (χ1v) is 10.8. The van der Waals surface area contributed by atoms with Crippen molar-refractivity contribution < 1.29 is 23.2 Å². The van der Waals surface area contributed by atoms with Crippen molar-refractivity contribution in [2.45, 2.75) is 4.75 Å². The molecule has 0 radical (unpaired) electrons. The molecule has 0 saturated carbocycles. The number of hydrogen-bond donors (Lipinski definition) is 3. The van der Waals surface area contributed by atoms with Gasteiger partial charge in [0.25, 0.3) is 10.1 Å². The van der Waals surface area contributed by atoms with Crippen LogP contribution >= 0.6 is 46.4 Å². The molecule has 0 aliphatic heterocycles. The van der Waals surface area contributed by atoms with Crippen molar-refractivity contribution in [1.29, 1.82) is 0 Å². The molecule has 0 saturated heterocycles. The van der Waals surface area contributed by atoms with Crippen LogP contribution in [0, 0.1) is 0 Å². The second-order valence-corrected chi connectivity index (χ2v) is 9.30. The first-order valence-electron chi connectivity index (χ1n) is 7.89. The van der Waals surface area contributed by atoms with Gasteiger partial charge in [-0.3, -0.25) is 4.55 Å². The Morgan fingerprint density at radius 2 is 1.31 bits per heavy atom. The highest BCUT2D eigenvalue weighted by Gasteiger charge is 2.53. The smallest absolute Gasteiger partial charge is 0.283 e. The summed E-state index contributed by atoms with van der Waals surface area (Å²) in [5.74, 6) is -0.765. The van der Waals surface area contributed by atoms with E-state index in [-0.39, 0.29) is 37.0 Å². The number of phenolic OH excluding ortho intramolecular Hbond substituents is 2. The van der Waals surface area contributed by atoms with Crippen LogP contribution in [0.3, 0.4) is 0 Å². The van der Waals surface area contributed by atoms with E-state index in [4.69, 9.17) is 46.4 Å². The number of rotatable bonds is 4. The zero-order valence-electron chi connectivity index (χ0n) is 14.3. The molecule has 0 aliphatic carbocycles. The maximum atomic E-state index is 13.0. The lowest BCUT2D eigenvalue weighted by Crippen LogP contribution is -2.39. The van der Waals surface area contributed by atoms with E-state index < -0.39 is 26.2 Å². The van der Waals surface area contributed by atoms with Crippen LogP contribution in [0.2, 0.25) is 20.1 Å². The van der Waals surface area contributed by atoms with E-state index in [0.717, 1.165) is 6.07 Å². The van der Waals surface area contributed by atoms with Gasteiger partial charge in [-0.1, -0.05) is 64.6 Å². The van der Waals surface area contributed by atoms with Gasteiger partial charge in [0.05, 0.1) is 5.02 Å². The maximum Gasteiger partial charge on any atom is 0.283 e. The molecule has 0 spiro atoms. The largest absolute Gasteiger partial charge is 0.508 e. The Kier molecular flexibility index (Phi) is 5.98. The van der Waals surface area contributed by atoms with Crippen LogP contribution < -0.4 is 0 Å². The van der Waals surface area contributed by atoms with E-state index in [1.54, 1.807) is 0 Å². The highest BCUT2D eigenvalue weighted by Crippen LogP contribution is 2.53. The predicted octanol–water partition coefficient (Wildman–Crippen LogP) is 5.89. The van der Waals surface area contributed by atoms with E-state index in [9.17, 15) is 23.2 Å². The van der Waals surface area contributed by atoms with Gasteiger partial charge in [0.15, 0.2) is 4.75 Å². The topological polar surface area (TPSA) is 94.8 Å². The van der Waals surface area contributed by atoms with Gasteiger partial charge in [-0.25, -0.2) is 0 Å². The Balaban J connectivity index is 2.66. The molecule has 3 N–H and O–H groups in total. The number of phenols is 2. The van der Waals surface area contributed by atoms with Crippen molar-refractivity contribution in [2.24, 2.45) is 0 Å². The fourth-order valence-corrected chi connectivity index (χ4v) is 6.12. The second kappa shape index (κ2) is 7.87. The number of benzene rings is 3. The summed E-state index contributed by atoms with van der Waals surface area (Å²) in [4.78, 5) is 0. The third kappa shape index (κ3) is 3.65. The van der Waals surface area contributed by atoms with Gasteiger partial charge in [0.2, 0.25) is 0 Å². The molecule has 5 nitrogen and oxygen atoms in total. The van der Waals surface area contributed by atoms with Crippen LogP contribution in [0.1, 0.15) is 16.7 Å². The SMILES string of the molecule is O=S(=O)(O)C(c1ccc(O)cc1)(c1c(O)cc(Cl)cc1Cl)c1c(Cl)cccc1Cl. The number of hydrogen-bond acceptors (Lipinski definition) is 4. The van der Waals surface area contributed by atoms with Gasteiger partial charge in [0.1, 0.15) is 11.5 Å². The lowest BCUT2D eigenvalue weighted by Gasteiger charge is -2.34. The predicted molar refractivity (Wildman–Crippen MR) is 114 cm³/mol. The quantitative estimate of drug-likeness (QED) is 0.311. The van der Waals surface area contributed by atoms with E-state index in [0.29, 0.717) is 0 Å². The molecular formula is C19H12Cl4O5S. The van der Waals surface area contributed by atoms with E-state index in [1.165, 1.54) is 48.5 Å². The molecule has 0 heterocycles. The summed E-state index contributed by atoms with van der Waals surface area (Å²) in [5, 5.41) is 19.9. The van der Waals surface area contributed by atoms with Crippen molar-refractivity contribution in [3.05, 3.63) is 91.4 Å². The molecule has 152 valence electrons. The van der Waals surface area contributed by atoms with Gasteiger partial charge in [0, 0.05) is 26.2 Å². The highest BCUT2D eigenvalue weighted by molar-refractivity contribution is 7.87. The van der Waals surface area contributed by atoms with Crippen molar-refractivity contribution in [2.75, 3.05) is 0 Å². The number of aromatic hydroxyl groups is 2. The molecule has 10 heteroatoms. The Bertz CT molecular complexity index is 1150. The molecule has 0 fully saturated rings. The fourth-order valence-electron chi connectivity index (χ4n) is 3.26. The summed E-state index contributed by atoms with van der Waals surface area (Å²) in [7, 11) is -5.14. The first-order chi connectivity index (χ1) is 13.5. The lowest BCUT2D eigenvalue weighted by molar-refractivity contribution is 0.440. The van der Waals surface area contributed by atoms with Crippen LogP contribution in [0.15, 0.2) is 54.6 Å². The summed E-state index contributed by atoms with van der Waals surface area (Å²) in [6.45, 7) is 0. The standard InChI is InChI=1S/C19H12Cl4O5S/c20-11-8-15(23)18(16(25)9-11)19(29(26,27)28,10-4-6-12(24)7-5-10)17-13(21)2-1-3-14(17)22/h1-9,24-25H,(H,26,27,28). The molecule has 0 bridgehead atoms. The molecule has 1 atom stereocenters. The van der Waals surface area contributed by atoms with Crippen molar-refractivity contribution in [3.63, 3.8) is 0 Å². The second-order valence-electron chi connectivity index (χ2n) is 6.08.